The highest BCUT2D eigenvalue weighted by Gasteiger charge is 2.15. The van der Waals surface area contributed by atoms with Gasteiger partial charge in [0.05, 0.1) is 11.7 Å². The summed E-state index contributed by atoms with van der Waals surface area (Å²) in [6.07, 6.45) is -0.318. The van der Waals surface area contributed by atoms with Crippen LogP contribution in [0.3, 0.4) is 0 Å². The summed E-state index contributed by atoms with van der Waals surface area (Å²) >= 11 is 1.34. The predicted octanol–water partition coefficient (Wildman–Crippen LogP) is 2.71. The van der Waals surface area contributed by atoms with Crippen LogP contribution in [-0.4, -0.2) is 34.0 Å². The minimum Gasteiger partial charge on any atom is -0.481 e. The Bertz CT molecular complexity index is 897. The number of nitrogens with two attached hydrogens (primary N) is 1. The molecule has 0 spiro atoms. The molecule has 0 aromatic heterocycles. The Hall–Kier alpha value is -3.33. The first kappa shape index (κ1) is 22.0. The van der Waals surface area contributed by atoms with E-state index in [4.69, 9.17) is 10.8 Å². The van der Waals surface area contributed by atoms with Gasteiger partial charge in [0.25, 0.3) is 0 Å². The fourth-order valence-corrected chi connectivity index (χ4v) is 3.15. The van der Waals surface area contributed by atoms with Crippen LogP contribution in [0.15, 0.2) is 53.4 Å². The van der Waals surface area contributed by atoms with E-state index < -0.39 is 11.9 Å². The second-order valence-corrected chi connectivity index (χ2v) is 7.57. The molecule has 2 aromatic carbocycles. The lowest BCUT2D eigenvalue weighted by Crippen LogP contribution is -2.22. The van der Waals surface area contributed by atoms with E-state index in [-0.39, 0.29) is 29.9 Å². The number of amides is 3. The largest absolute Gasteiger partial charge is 0.481 e. The SMILES string of the molecule is CC(Sc1ccc(NC(=O)CCC(=O)O)cc1)C(=O)Nc1ccc(C(N)=O)cc1. The molecule has 0 saturated carbocycles. The number of nitrogens with one attached hydrogen (secondary N) is 2. The van der Waals surface area contributed by atoms with Crippen LogP contribution >= 0.6 is 11.8 Å². The Balaban J connectivity index is 1.86. The minimum absolute atomic E-state index is 0.0938. The first-order valence-electron chi connectivity index (χ1n) is 8.73. The molecule has 1 unspecified atom stereocenters. The monoisotopic (exact) mass is 415 g/mol. The van der Waals surface area contributed by atoms with Gasteiger partial charge in [0.2, 0.25) is 17.7 Å². The van der Waals surface area contributed by atoms with Crippen LogP contribution in [0.5, 0.6) is 0 Å². The molecule has 0 heterocycles. The van der Waals surface area contributed by atoms with Gasteiger partial charge in [-0.05, 0) is 55.5 Å². The molecule has 152 valence electrons. The Labute approximate surface area is 171 Å². The van der Waals surface area contributed by atoms with Crippen molar-refractivity contribution in [3.63, 3.8) is 0 Å². The number of benzene rings is 2. The van der Waals surface area contributed by atoms with Gasteiger partial charge in [0.1, 0.15) is 0 Å². The molecule has 2 aromatic rings. The van der Waals surface area contributed by atoms with Crippen molar-refractivity contribution >= 4 is 46.8 Å². The number of hydrogen-bond donors (Lipinski definition) is 4. The second kappa shape index (κ2) is 10.3. The molecule has 0 saturated heterocycles. The predicted molar refractivity (Wildman–Crippen MR) is 111 cm³/mol. The van der Waals surface area contributed by atoms with Gasteiger partial charge in [0.15, 0.2) is 0 Å². The standard InChI is InChI=1S/C20H21N3O5S/c1-12(20(28)23-15-4-2-13(3-5-15)19(21)27)29-16-8-6-14(7-9-16)22-17(24)10-11-18(25)26/h2-9,12H,10-11H2,1H3,(H2,21,27)(H,22,24)(H,23,28)(H,25,26). The van der Waals surface area contributed by atoms with Crippen molar-refractivity contribution in [3.8, 4) is 0 Å². The fourth-order valence-electron chi connectivity index (χ4n) is 2.28. The van der Waals surface area contributed by atoms with E-state index in [1.807, 2.05) is 0 Å². The van der Waals surface area contributed by atoms with E-state index in [9.17, 15) is 19.2 Å². The Morgan fingerprint density at radius 1 is 0.931 bits per heavy atom. The van der Waals surface area contributed by atoms with Crippen molar-refractivity contribution in [3.05, 3.63) is 54.1 Å². The number of hydrogen-bond acceptors (Lipinski definition) is 5. The first-order valence-corrected chi connectivity index (χ1v) is 9.61. The van der Waals surface area contributed by atoms with Gasteiger partial charge in [-0.25, -0.2) is 0 Å². The summed E-state index contributed by atoms with van der Waals surface area (Å²) in [5.41, 5.74) is 6.66. The molecule has 0 fully saturated rings. The lowest BCUT2D eigenvalue weighted by atomic mass is 10.2. The number of carboxylic acids is 1. The summed E-state index contributed by atoms with van der Waals surface area (Å²) in [5.74, 6) is -2.13. The molecule has 1 atom stereocenters. The van der Waals surface area contributed by atoms with E-state index in [1.54, 1.807) is 55.5 Å². The number of carbonyl (C=O) groups excluding carboxylic acids is 3. The lowest BCUT2D eigenvalue weighted by Gasteiger charge is -2.13. The highest BCUT2D eigenvalue weighted by Crippen LogP contribution is 2.25. The zero-order valence-electron chi connectivity index (χ0n) is 15.7. The molecule has 5 N–H and O–H groups in total. The van der Waals surface area contributed by atoms with Gasteiger partial charge in [-0.3, -0.25) is 19.2 Å². The molecule has 0 aliphatic heterocycles. The van der Waals surface area contributed by atoms with Crippen LogP contribution in [0.1, 0.15) is 30.1 Å². The summed E-state index contributed by atoms with van der Waals surface area (Å²) in [6.45, 7) is 1.76. The third-order valence-corrected chi connectivity index (χ3v) is 4.94. The van der Waals surface area contributed by atoms with Crippen molar-refractivity contribution in [2.24, 2.45) is 5.73 Å². The zero-order chi connectivity index (χ0) is 21.4. The average molecular weight is 415 g/mol. The normalized spacial score (nSPS) is 11.3. The van der Waals surface area contributed by atoms with Gasteiger partial charge in [-0.1, -0.05) is 0 Å². The molecule has 3 amide bonds. The number of carboxylic acid groups (broad SMARTS) is 1. The van der Waals surface area contributed by atoms with Gasteiger partial charge in [0, 0.05) is 28.3 Å². The van der Waals surface area contributed by atoms with Gasteiger partial charge in [-0.2, -0.15) is 0 Å². The fraction of sp³-hybridized carbons (Fsp3) is 0.200. The summed E-state index contributed by atoms with van der Waals surface area (Å²) in [6, 6.07) is 13.2. The third kappa shape index (κ3) is 7.30. The average Bonchev–Trinajstić information content (AvgIpc) is 2.68. The van der Waals surface area contributed by atoms with Crippen LogP contribution in [0.4, 0.5) is 11.4 Å². The molecule has 0 aliphatic carbocycles. The molecule has 9 heteroatoms. The van der Waals surface area contributed by atoms with Crippen molar-refractivity contribution in [2.45, 2.75) is 29.9 Å². The van der Waals surface area contributed by atoms with Crippen LogP contribution in [0.2, 0.25) is 0 Å². The van der Waals surface area contributed by atoms with E-state index >= 15 is 0 Å². The lowest BCUT2D eigenvalue weighted by molar-refractivity contribution is -0.138. The Morgan fingerprint density at radius 2 is 1.48 bits per heavy atom. The van der Waals surface area contributed by atoms with Crippen molar-refractivity contribution in [2.75, 3.05) is 10.6 Å². The summed E-state index contributed by atoms with van der Waals surface area (Å²) in [4.78, 5) is 46.4. The molecular weight excluding hydrogens is 394 g/mol. The van der Waals surface area contributed by atoms with E-state index in [1.165, 1.54) is 11.8 Å². The van der Waals surface area contributed by atoms with E-state index in [0.29, 0.717) is 16.9 Å². The molecule has 2 rings (SSSR count). The Kier molecular flexibility index (Phi) is 7.79. The summed E-state index contributed by atoms with van der Waals surface area (Å²) < 4.78 is 0. The molecular formula is C20H21N3O5S. The van der Waals surface area contributed by atoms with Crippen LogP contribution in [-0.2, 0) is 14.4 Å². The molecule has 0 aliphatic rings. The van der Waals surface area contributed by atoms with Crippen molar-refractivity contribution < 1.29 is 24.3 Å². The maximum Gasteiger partial charge on any atom is 0.303 e. The van der Waals surface area contributed by atoms with Crippen molar-refractivity contribution in [1.29, 1.82) is 0 Å². The topological polar surface area (TPSA) is 139 Å². The van der Waals surface area contributed by atoms with Crippen LogP contribution in [0.25, 0.3) is 0 Å². The third-order valence-electron chi connectivity index (χ3n) is 3.82. The number of carbonyl (C=O) groups is 4. The highest BCUT2D eigenvalue weighted by molar-refractivity contribution is 8.00. The smallest absolute Gasteiger partial charge is 0.303 e. The highest BCUT2D eigenvalue weighted by atomic mass is 32.2. The van der Waals surface area contributed by atoms with Gasteiger partial charge in [-0.15, -0.1) is 11.8 Å². The van der Waals surface area contributed by atoms with Gasteiger partial charge >= 0.3 is 5.97 Å². The van der Waals surface area contributed by atoms with Crippen LogP contribution in [0, 0.1) is 0 Å². The Morgan fingerprint density at radius 3 is 2.03 bits per heavy atom. The van der Waals surface area contributed by atoms with E-state index in [0.717, 1.165) is 4.90 Å². The maximum atomic E-state index is 12.3. The summed E-state index contributed by atoms with van der Waals surface area (Å²) in [5, 5.41) is 13.6. The second-order valence-electron chi connectivity index (χ2n) is 6.16. The van der Waals surface area contributed by atoms with Crippen LogP contribution < -0.4 is 16.4 Å². The summed E-state index contributed by atoms with van der Waals surface area (Å²) in [7, 11) is 0. The zero-order valence-corrected chi connectivity index (χ0v) is 16.5. The molecule has 8 nitrogen and oxygen atoms in total. The van der Waals surface area contributed by atoms with Crippen molar-refractivity contribution in [1.82, 2.24) is 0 Å². The molecule has 0 bridgehead atoms. The quantitative estimate of drug-likeness (QED) is 0.465. The molecule has 0 radical (unpaired) electrons. The first-order chi connectivity index (χ1) is 13.7. The number of rotatable bonds is 9. The number of aliphatic carboxylic acids is 1. The number of thioether (sulfide) groups is 1. The minimum atomic E-state index is -1.03. The van der Waals surface area contributed by atoms with E-state index in [2.05, 4.69) is 10.6 Å². The number of anilines is 2. The molecule has 29 heavy (non-hydrogen) atoms. The van der Waals surface area contributed by atoms with Gasteiger partial charge < -0.3 is 21.5 Å². The number of primary amides is 1. The maximum absolute atomic E-state index is 12.3.